The van der Waals surface area contributed by atoms with Gasteiger partial charge >= 0.3 is 5.97 Å². The highest BCUT2D eigenvalue weighted by molar-refractivity contribution is 5.90. The molecule has 1 rings (SSSR count). The number of benzene rings is 1. The quantitative estimate of drug-likeness (QED) is 0.640. The molecule has 0 heterocycles. The number of carbonyl (C=O) groups excluding carboxylic acids is 1. The third kappa shape index (κ3) is 4.41. The van der Waals surface area contributed by atoms with E-state index in [2.05, 4.69) is 4.74 Å². The van der Waals surface area contributed by atoms with Crippen LogP contribution in [0.15, 0.2) is 30.3 Å². The van der Waals surface area contributed by atoms with E-state index in [0.29, 0.717) is 0 Å². The van der Waals surface area contributed by atoms with Gasteiger partial charge in [0.1, 0.15) is 0 Å². The molecule has 1 unspecified atom stereocenters. The third-order valence-corrected chi connectivity index (χ3v) is 2.50. The molecule has 0 aliphatic heterocycles. The monoisotopic (exact) mass is 233 g/mol. The maximum atomic E-state index is 11.1. The van der Waals surface area contributed by atoms with Gasteiger partial charge in [0, 0.05) is 12.1 Å². The summed E-state index contributed by atoms with van der Waals surface area (Å²) in [5, 5.41) is 0. The van der Waals surface area contributed by atoms with E-state index in [1.54, 1.807) is 0 Å². The normalized spacial score (nSPS) is 13.3. The van der Waals surface area contributed by atoms with Gasteiger partial charge in [0.2, 0.25) is 0 Å². The van der Waals surface area contributed by atoms with Crippen molar-refractivity contribution in [3.8, 4) is 0 Å². The first kappa shape index (κ1) is 13.5. The van der Waals surface area contributed by atoms with E-state index in [4.69, 9.17) is 5.73 Å². The number of allylic oxidation sites excluding steroid dienone is 1. The molecule has 0 saturated carbocycles. The fourth-order valence-electron chi connectivity index (χ4n) is 1.59. The first-order chi connectivity index (χ1) is 8.02. The van der Waals surface area contributed by atoms with E-state index in [1.807, 2.05) is 38.1 Å². The molecule has 3 heteroatoms. The number of ether oxygens (including phenoxy) is 1. The molecule has 0 aromatic heterocycles. The maximum absolute atomic E-state index is 11.1. The summed E-state index contributed by atoms with van der Waals surface area (Å²) in [7, 11) is 1.37. The number of nitrogens with two attached hydrogens (primary N) is 1. The molecule has 0 fully saturated rings. The molecule has 0 spiro atoms. The highest BCUT2D eigenvalue weighted by atomic mass is 16.5. The predicted molar refractivity (Wildman–Crippen MR) is 69.5 cm³/mol. The van der Waals surface area contributed by atoms with Crippen molar-refractivity contribution in [2.75, 3.05) is 7.11 Å². The van der Waals surface area contributed by atoms with Gasteiger partial charge in [-0.15, -0.1) is 0 Å². The topological polar surface area (TPSA) is 52.3 Å². The molecule has 0 aliphatic rings. The lowest BCUT2D eigenvalue weighted by Crippen LogP contribution is -2.17. The van der Waals surface area contributed by atoms with Crippen LogP contribution in [0.3, 0.4) is 0 Å². The van der Waals surface area contributed by atoms with Crippen molar-refractivity contribution in [1.82, 2.24) is 0 Å². The van der Waals surface area contributed by atoms with Gasteiger partial charge in [-0.25, -0.2) is 4.79 Å². The Kier molecular flexibility index (Phi) is 4.91. The molecule has 1 aromatic carbocycles. The van der Waals surface area contributed by atoms with Crippen molar-refractivity contribution in [3.63, 3.8) is 0 Å². The lowest BCUT2D eigenvalue weighted by molar-refractivity contribution is -0.134. The molecule has 92 valence electrons. The standard InChI is InChI=1S/C14H19NO2/c1-10(8-14(16)17-3)13-6-4-12(5-7-13)9-11(2)15/h4-8,11H,9,15H2,1-3H3/b10-8+. The minimum atomic E-state index is -0.331. The largest absolute Gasteiger partial charge is 0.466 e. The zero-order chi connectivity index (χ0) is 12.8. The van der Waals surface area contributed by atoms with Gasteiger partial charge in [-0.05, 0) is 37.0 Å². The van der Waals surface area contributed by atoms with Gasteiger partial charge in [-0.1, -0.05) is 24.3 Å². The predicted octanol–water partition coefficient (Wildman–Crippen LogP) is 2.15. The molecule has 1 aromatic rings. The molecule has 0 bridgehead atoms. The number of esters is 1. The number of hydrogen-bond acceptors (Lipinski definition) is 3. The summed E-state index contributed by atoms with van der Waals surface area (Å²) >= 11 is 0. The maximum Gasteiger partial charge on any atom is 0.330 e. The van der Waals surface area contributed by atoms with Crippen molar-refractivity contribution < 1.29 is 9.53 Å². The second-order valence-electron chi connectivity index (χ2n) is 4.23. The summed E-state index contributed by atoms with van der Waals surface area (Å²) in [5.74, 6) is -0.331. The molecule has 3 nitrogen and oxygen atoms in total. The van der Waals surface area contributed by atoms with Crippen molar-refractivity contribution in [2.24, 2.45) is 5.73 Å². The first-order valence-corrected chi connectivity index (χ1v) is 5.64. The Bertz CT molecular complexity index is 405. The van der Waals surface area contributed by atoms with Crippen LogP contribution in [0.4, 0.5) is 0 Å². The minimum Gasteiger partial charge on any atom is -0.466 e. The molecular formula is C14H19NO2. The van der Waals surface area contributed by atoms with Crippen molar-refractivity contribution in [1.29, 1.82) is 0 Å². The SMILES string of the molecule is COC(=O)/C=C(\C)c1ccc(CC(C)N)cc1. The van der Waals surface area contributed by atoms with Crippen LogP contribution >= 0.6 is 0 Å². The van der Waals surface area contributed by atoms with E-state index in [9.17, 15) is 4.79 Å². The van der Waals surface area contributed by atoms with Gasteiger partial charge in [0.05, 0.1) is 7.11 Å². The summed E-state index contributed by atoms with van der Waals surface area (Å²) in [5.41, 5.74) is 8.85. The molecule has 0 amide bonds. The summed E-state index contributed by atoms with van der Waals surface area (Å²) in [6.07, 6.45) is 2.35. The molecule has 1 atom stereocenters. The Morgan fingerprint density at radius 3 is 2.47 bits per heavy atom. The Morgan fingerprint density at radius 1 is 1.41 bits per heavy atom. The highest BCUT2D eigenvalue weighted by Gasteiger charge is 2.01. The zero-order valence-electron chi connectivity index (χ0n) is 10.6. The van der Waals surface area contributed by atoms with Gasteiger partial charge in [-0.3, -0.25) is 0 Å². The number of carbonyl (C=O) groups is 1. The summed E-state index contributed by atoms with van der Waals surface area (Å²) in [6, 6.07) is 8.21. The second kappa shape index (κ2) is 6.21. The van der Waals surface area contributed by atoms with E-state index in [0.717, 1.165) is 17.6 Å². The van der Waals surface area contributed by atoms with Crippen molar-refractivity contribution >= 4 is 11.5 Å². The first-order valence-electron chi connectivity index (χ1n) is 5.64. The number of methoxy groups -OCH3 is 1. The summed E-state index contributed by atoms with van der Waals surface area (Å²) in [6.45, 7) is 3.87. The fourth-order valence-corrected chi connectivity index (χ4v) is 1.59. The molecule has 0 aliphatic carbocycles. The van der Waals surface area contributed by atoms with Gasteiger partial charge in [0.25, 0.3) is 0 Å². The van der Waals surface area contributed by atoms with Crippen molar-refractivity contribution in [2.45, 2.75) is 26.3 Å². The zero-order valence-corrected chi connectivity index (χ0v) is 10.6. The molecular weight excluding hydrogens is 214 g/mol. The Hall–Kier alpha value is -1.61. The third-order valence-electron chi connectivity index (χ3n) is 2.50. The van der Waals surface area contributed by atoms with Gasteiger partial charge < -0.3 is 10.5 Å². The van der Waals surface area contributed by atoms with Gasteiger partial charge in [0.15, 0.2) is 0 Å². The molecule has 2 N–H and O–H groups in total. The average Bonchev–Trinajstić information content (AvgIpc) is 2.28. The highest BCUT2D eigenvalue weighted by Crippen LogP contribution is 2.15. The summed E-state index contributed by atoms with van der Waals surface area (Å²) in [4.78, 5) is 11.1. The Labute approximate surface area is 102 Å². The van der Waals surface area contributed by atoms with Gasteiger partial charge in [-0.2, -0.15) is 0 Å². The van der Waals surface area contributed by atoms with Crippen LogP contribution in [0.5, 0.6) is 0 Å². The summed E-state index contributed by atoms with van der Waals surface area (Å²) < 4.78 is 4.59. The Balaban J connectivity index is 2.80. The van der Waals surface area contributed by atoms with E-state index in [-0.39, 0.29) is 12.0 Å². The lowest BCUT2D eigenvalue weighted by Gasteiger charge is -2.06. The van der Waals surface area contributed by atoms with Crippen LogP contribution in [0.2, 0.25) is 0 Å². The number of rotatable bonds is 4. The van der Waals surface area contributed by atoms with E-state index in [1.165, 1.54) is 18.7 Å². The molecule has 0 saturated heterocycles. The van der Waals surface area contributed by atoms with Crippen LogP contribution in [0.1, 0.15) is 25.0 Å². The average molecular weight is 233 g/mol. The molecule has 17 heavy (non-hydrogen) atoms. The van der Waals surface area contributed by atoms with Crippen LogP contribution in [-0.4, -0.2) is 19.1 Å². The van der Waals surface area contributed by atoms with Crippen molar-refractivity contribution in [3.05, 3.63) is 41.5 Å². The smallest absolute Gasteiger partial charge is 0.330 e. The second-order valence-corrected chi connectivity index (χ2v) is 4.23. The fraction of sp³-hybridized carbons (Fsp3) is 0.357. The lowest BCUT2D eigenvalue weighted by atomic mass is 10.0. The minimum absolute atomic E-state index is 0.160. The van der Waals surface area contributed by atoms with Crippen LogP contribution in [0.25, 0.3) is 5.57 Å². The van der Waals surface area contributed by atoms with E-state index < -0.39 is 0 Å². The Morgan fingerprint density at radius 2 is 2.00 bits per heavy atom. The van der Waals surface area contributed by atoms with E-state index >= 15 is 0 Å². The van der Waals surface area contributed by atoms with Crippen LogP contribution in [-0.2, 0) is 16.0 Å². The van der Waals surface area contributed by atoms with Crippen LogP contribution in [0, 0.1) is 0 Å². The molecule has 0 radical (unpaired) electrons. The number of hydrogen-bond donors (Lipinski definition) is 1. The van der Waals surface area contributed by atoms with Crippen LogP contribution < -0.4 is 5.73 Å².